The second-order valence-corrected chi connectivity index (χ2v) is 2.74. The number of rotatable bonds is 2. The Morgan fingerprint density at radius 1 is 1.75 bits per heavy atom. The summed E-state index contributed by atoms with van der Waals surface area (Å²) in [6.45, 7) is 0. The summed E-state index contributed by atoms with van der Waals surface area (Å²) in [5.74, 6) is -1.13. The van der Waals surface area contributed by atoms with Crippen LogP contribution in [-0.2, 0) is 0 Å². The first-order chi connectivity index (χ1) is 5.65. The van der Waals surface area contributed by atoms with Gasteiger partial charge in [0.25, 0.3) is 0 Å². The molecule has 12 heavy (non-hydrogen) atoms. The highest BCUT2D eigenvalue weighted by atomic mass is 32.2. The van der Waals surface area contributed by atoms with E-state index in [0.29, 0.717) is 5.16 Å². The average molecular weight is 180 g/mol. The van der Waals surface area contributed by atoms with Gasteiger partial charge in [0.1, 0.15) is 13.5 Å². The quantitative estimate of drug-likeness (QED) is 0.384. The van der Waals surface area contributed by atoms with Gasteiger partial charge in [0.15, 0.2) is 5.16 Å². The van der Waals surface area contributed by atoms with E-state index in [4.69, 9.17) is 13.0 Å². The van der Waals surface area contributed by atoms with Crippen LogP contribution < -0.4 is 5.46 Å². The first-order valence-electron chi connectivity index (χ1n) is 3.05. The molecule has 0 saturated carbocycles. The summed E-state index contributed by atoms with van der Waals surface area (Å²) >= 11 is 1.27. The lowest BCUT2D eigenvalue weighted by atomic mass is 9.96. The van der Waals surface area contributed by atoms with E-state index in [-0.39, 0.29) is 11.2 Å². The van der Waals surface area contributed by atoms with E-state index in [9.17, 15) is 4.79 Å². The number of carbonyl (C=O) groups is 1. The lowest BCUT2D eigenvalue weighted by molar-refractivity contribution is 0.0691. The molecule has 1 rings (SSSR count). The van der Waals surface area contributed by atoms with Crippen LogP contribution >= 0.6 is 11.8 Å². The van der Waals surface area contributed by atoms with Gasteiger partial charge in [0.2, 0.25) is 0 Å². The highest BCUT2D eigenvalue weighted by molar-refractivity contribution is 7.98. The van der Waals surface area contributed by atoms with E-state index >= 15 is 0 Å². The number of thioether (sulfide) groups is 1. The first-order valence-corrected chi connectivity index (χ1v) is 4.27. The second-order valence-electron chi connectivity index (χ2n) is 1.97. The molecule has 0 bridgehead atoms. The van der Waals surface area contributed by atoms with Crippen LogP contribution in [0.2, 0.25) is 0 Å². The standard InChI is InChI=1S/C6H5BN2O2S/c1-12-6-8-2-3(7)4(9-6)5(10)11/h2H,1H3,(H,10,11). The highest BCUT2D eigenvalue weighted by Crippen LogP contribution is 2.05. The molecule has 0 aromatic carbocycles. The summed E-state index contributed by atoms with van der Waals surface area (Å²) in [6, 6.07) is 0. The molecule has 1 aromatic rings. The maximum absolute atomic E-state index is 10.5. The molecule has 60 valence electrons. The predicted octanol–water partition coefficient (Wildman–Crippen LogP) is -0.309. The number of hydrogen-bond donors (Lipinski definition) is 1. The molecule has 0 saturated heterocycles. The van der Waals surface area contributed by atoms with Gasteiger partial charge in [0, 0.05) is 6.20 Å². The molecular weight excluding hydrogens is 175 g/mol. The lowest BCUT2D eigenvalue weighted by Crippen LogP contribution is -2.19. The minimum Gasteiger partial charge on any atom is -0.477 e. The zero-order valence-electron chi connectivity index (χ0n) is 6.31. The summed E-state index contributed by atoms with van der Waals surface area (Å²) < 4.78 is 0. The molecule has 6 heteroatoms. The third-order valence-electron chi connectivity index (χ3n) is 1.18. The molecule has 0 unspecified atom stereocenters. The molecule has 1 heterocycles. The van der Waals surface area contributed by atoms with Crippen LogP contribution in [0.5, 0.6) is 0 Å². The van der Waals surface area contributed by atoms with Crippen molar-refractivity contribution in [3.05, 3.63) is 11.9 Å². The minimum atomic E-state index is -1.13. The highest BCUT2D eigenvalue weighted by Gasteiger charge is 2.09. The van der Waals surface area contributed by atoms with E-state index in [1.54, 1.807) is 6.26 Å². The lowest BCUT2D eigenvalue weighted by Gasteiger charge is -2.00. The van der Waals surface area contributed by atoms with E-state index in [0.717, 1.165) is 0 Å². The number of aromatic nitrogens is 2. The summed E-state index contributed by atoms with van der Waals surface area (Å²) in [7, 11) is 5.33. The van der Waals surface area contributed by atoms with Crippen molar-refractivity contribution in [3.8, 4) is 0 Å². The molecule has 2 radical (unpaired) electrons. The maximum Gasteiger partial charge on any atom is 0.354 e. The number of carboxylic acid groups (broad SMARTS) is 1. The fourth-order valence-corrected chi connectivity index (χ4v) is 0.985. The Morgan fingerprint density at radius 3 is 2.92 bits per heavy atom. The van der Waals surface area contributed by atoms with E-state index in [2.05, 4.69) is 9.97 Å². The molecule has 0 spiro atoms. The predicted molar refractivity (Wildman–Crippen MR) is 46.2 cm³/mol. The van der Waals surface area contributed by atoms with Crippen molar-refractivity contribution in [2.24, 2.45) is 0 Å². The Kier molecular flexibility index (Phi) is 2.70. The monoisotopic (exact) mass is 180 g/mol. The molecule has 1 N–H and O–H groups in total. The Balaban J connectivity index is 3.17. The van der Waals surface area contributed by atoms with Gasteiger partial charge in [-0.2, -0.15) is 0 Å². The summed E-state index contributed by atoms with van der Waals surface area (Å²) in [6.07, 6.45) is 3.06. The van der Waals surface area contributed by atoms with Crippen LogP contribution in [0.25, 0.3) is 0 Å². The van der Waals surface area contributed by atoms with Crippen molar-refractivity contribution >= 4 is 31.0 Å². The molecule has 0 aliphatic rings. The van der Waals surface area contributed by atoms with Crippen molar-refractivity contribution < 1.29 is 9.90 Å². The molecule has 0 amide bonds. The zero-order valence-corrected chi connectivity index (χ0v) is 7.13. The number of aromatic carboxylic acids is 1. The normalized spacial score (nSPS) is 9.75. The Morgan fingerprint density at radius 2 is 2.42 bits per heavy atom. The summed E-state index contributed by atoms with van der Waals surface area (Å²) in [5.41, 5.74) is -0.0605. The van der Waals surface area contributed by atoms with Crippen molar-refractivity contribution in [2.75, 3.05) is 6.26 Å². The van der Waals surface area contributed by atoms with Gasteiger partial charge in [-0.3, -0.25) is 0 Å². The van der Waals surface area contributed by atoms with Crippen LogP contribution in [0, 0.1) is 0 Å². The number of nitrogens with zero attached hydrogens (tertiary/aromatic N) is 2. The van der Waals surface area contributed by atoms with Gasteiger partial charge in [0.05, 0.1) is 0 Å². The van der Waals surface area contributed by atoms with Crippen molar-refractivity contribution in [3.63, 3.8) is 0 Å². The maximum atomic E-state index is 10.5. The first kappa shape index (κ1) is 9.06. The van der Waals surface area contributed by atoms with Crippen LogP contribution in [0.15, 0.2) is 11.4 Å². The summed E-state index contributed by atoms with van der Waals surface area (Å²) in [5, 5.41) is 9.01. The molecule has 0 aliphatic carbocycles. The van der Waals surface area contributed by atoms with Crippen LogP contribution in [0.1, 0.15) is 10.5 Å². The Bertz CT molecular complexity index is 318. The molecule has 4 nitrogen and oxygen atoms in total. The molecule has 1 aromatic heterocycles. The minimum absolute atomic E-state index is 0.0836. The molecule has 0 atom stereocenters. The molecule has 0 aliphatic heterocycles. The third kappa shape index (κ3) is 1.76. The van der Waals surface area contributed by atoms with E-state index in [1.165, 1.54) is 18.0 Å². The fraction of sp³-hybridized carbons (Fsp3) is 0.167. The topological polar surface area (TPSA) is 63.1 Å². The fourth-order valence-electron chi connectivity index (χ4n) is 0.645. The van der Waals surface area contributed by atoms with E-state index in [1.807, 2.05) is 0 Å². The van der Waals surface area contributed by atoms with Gasteiger partial charge < -0.3 is 5.11 Å². The molecular formula is C6H5BN2O2S. The Labute approximate surface area is 74.8 Å². The van der Waals surface area contributed by atoms with E-state index < -0.39 is 5.97 Å². The van der Waals surface area contributed by atoms with Crippen LogP contribution in [-0.4, -0.2) is 35.1 Å². The van der Waals surface area contributed by atoms with Gasteiger partial charge in [-0.1, -0.05) is 11.8 Å². The van der Waals surface area contributed by atoms with Crippen LogP contribution in [0.4, 0.5) is 0 Å². The molecule has 0 fully saturated rings. The van der Waals surface area contributed by atoms with Crippen molar-refractivity contribution in [1.29, 1.82) is 0 Å². The van der Waals surface area contributed by atoms with Gasteiger partial charge in [-0.15, -0.1) is 0 Å². The van der Waals surface area contributed by atoms with Gasteiger partial charge >= 0.3 is 5.97 Å². The summed E-state index contributed by atoms with van der Waals surface area (Å²) in [4.78, 5) is 18.0. The number of carboxylic acids is 1. The smallest absolute Gasteiger partial charge is 0.354 e. The second kappa shape index (κ2) is 3.58. The number of hydrogen-bond acceptors (Lipinski definition) is 4. The zero-order chi connectivity index (χ0) is 9.14. The van der Waals surface area contributed by atoms with Crippen molar-refractivity contribution in [2.45, 2.75) is 5.16 Å². The average Bonchev–Trinajstić information content (AvgIpc) is 2.05. The SMILES string of the molecule is [B]c1cnc(SC)nc1C(=O)O. The Hall–Kier alpha value is -1.04. The van der Waals surface area contributed by atoms with Crippen molar-refractivity contribution in [1.82, 2.24) is 9.97 Å². The third-order valence-corrected chi connectivity index (χ3v) is 1.74. The largest absolute Gasteiger partial charge is 0.477 e. The van der Waals surface area contributed by atoms with Crippen LogP contribution in [0.3, 0.4) is 0 Å². The van der Waals surface area contributed by atoms with Gasteiger partial charge in [-0.05, 0) is 11.7 Å². The van der Waals surface area contributed by atoms with Gasteiger partial charge in [-0.25, -0.2) is 14.8 Å².